The SMILES string of the molecule is CN1CCCC[C@@H]1C(=O)NCc1cc2n(n1)CCCN(C1CCCCC1)C2. The number of hydrogen-bond donors (Lipinski definition) is 1. The molecule has 1 saturated carbocycles. The molecule has 27 heavy (non-hydrogen) atoms. The molecule has 0 bridgehead atoms. The van der Waals surface area contributed by atoms with Crippen LogP contribution >= 0.6 is 0 Å². The normalized spacial score (nSPS) is 25.7. The second kappa shape index (κ2) is 8.74. The van der Waals surface area contributed by atoms with Gasteiger partial charge in [0.2, 0.25) is 5.91 Å². The van der Waals surface area contributed by atoms with E-state index in [1.54, 1.807) is 0 Å². The maximum absolute atomic E-state index is 12.5. The molecule has 1 atom stereocenters. The number of rotatable bonds is 4. The predicted octanol–water partition coefficient (Wildman–Crippen LogP) is 2.52. The summed E-state index contributed by atoms with van der Waals surface area (Å²) in [6.07, 6.45) is 11.4. The first-order valence-electron chi connectivity index (χ1n) is 11.0. The van der Waals surface area contributed by atoms with Crippen LogP contribution in [-0.4, -0.2) is 57.7 Å². The lowest BCUT2D eigenvalue weighted by Crippen LogP contribution is -2.47. The molecule has 6 nitrogen and oxygen atoms in total. The van der Waals surface area contributed by atoms with Crippen LogP contribution in [0, 0.1) is 0 Å². The van der Waals surface area contributed by atoms with E-state index in [2.05, 4.69) is 32.9 Å². The van der Waals surface area contributed by atoms with Gasteiger partial charge in [-0.05, 0) is 51.8 Å². The summed E-state index contributed by atoms with van der Waals surface area (Å²) >= 11 is 0. The Morgan fingerprint density at radius 1 is 1.07 bits per heavy atom. The zero-order valence-electron chi connectivity index (χ0n) is 16.8. The smallest absolute Gasteiger partial charge is 0.237 e. The van der Waals surface area contributed by atoms with Gasteiger partial charge in [0.1, 0.15) is 0 Å². The van der Waals surface area contributed by atoms with Crippen molar-refractivity contribution >= 4 is 5.91 Å². The fourth-order valence-electron chi connectivity index (χ4n) is 5.09. The molecule has 0 radical (unpaired) electrons. The van der Waals surface area contributed by atoms with Crippen molar-refractivity contribution in [1.82, 2.24) is 24.9 Å². The van der Waals surface area contributed by atoms with Crippen LogP contribution in [0.1, 0.15) is 69.2 Å². The number of aryl methyl sites for hydroxylation is 1. The van der Waals surface area contributed by atoms with E-state index in [1.165, 1.54) is 57.2 Å². The zero-order valence-corrected chi connectivity index (χ0v) is 16.8. The van der Waals surface area contributed by atoms with E-state index >= 15 is 0 Å². The quantitative estimate of drug-likeness (QED) is 0.881. The van der Waals surface area contributed by atoms with Crippen molar-refractivity contribution in [2.45, 2.75) is 89.5 Å². The van der Waals surface area contributed by atoms with E-state index in [0.717, 1.165) is 44.2 Å². The van der Waals surface area contributed by atoms with E-state index in [1.807, 2.05) is 0 Å². The van der Waals surface area contributed by atoms with Crippen LogP contribution in [-0.2, 0) is 24.4 Å². The summed E-state index contributed by atoms with van der Waals surface area (Å²) in [6, 6.07) is 3.00. The monoisotopic (exact) mass is 373 g/mol. The molecule has 3 aliphatic rings. The first kappa shape index (κ1) is 18.9. The van der Waals surface area contributed by atoms with Crippen LogP contribution in [0.4, 0.5) is 0 Å². The van der Waals surface area contributed by atoms with Gasteiger partial charge in [0, 0.05) is 25.7 Å². The molecule has 1 amide bonds. The number of carbonyl (C=O) groups excluding carboxylic acids is 1. The number of piperidine rings is 1. The lowest BCUT2D eigenvalue weighted by Gasteiger charge is -2.33. The summed E-state index contributed by atoms with van der Waals surface area (Å²) in [5.74, 6) is 0.157. The number of amides is 1. The number of nitrogens with one attached hydrogen (secondary N) is 1. The molecular formula is C21H35N5O. The third kappa shape index (κ3) is 4.54. The van der Waals surface area contributed by atoms with Gasteiger partial charge in [-0.25, -0.2) is 0 Å². The largest absolute Gasteiger partial charge is 0.349 e. The van der Waals surface area contributed by atoms with Crippen molar-refractivity contribution in [2.24, 2.45) is 0 Å². The fourth-order valence-corrected chi connectivity index (χ4v) is 5.09. The topological polar surface area (TPSA) is 53.4 Å². The molecular weight excluding hydrogens is 338 g/mol. The van der Waals surface area contributed by atoms with Gasteiger partial charge in [0.15, 0.2) is 0 Å². The summed E-state index contributed by atoms with van der Waals surface area (Å²) in [4.78, 5) is 17.4. The highest BCUT2D eigenvalue weighted by Gasteiger charge is 2.27. The highest BCUT2D eigenvalue weighted by Crippen LogP contribution is 2.26. The number of aromatic nitrogens is 2. The Balaban J connectivity index is 1.35. The number of nitrogens with zero attached hydrogens (tertiary/aromatic N) is 4. The highest BCUT2D eigenvalue weighted by atomic mass is 16.2. The van der Waals surface area contributed by atoms with Gasteiger partial charge in [-0.1, -0.05) is 25.7 Å². The van der Waals surface area contributed by atoms with E-state index in [-0.39, 0.29) is 11.9 Å². The van der Waals surface area contributed by atoms with Crippen LogP contribution in [0.15, 0.2) is 6.07 Å². The zero-order chi connectivity index (χ0) is 18.6. The molecule has 0 aromatic carbocycles. The van der Waals surface area contributed by atoms with E-state index in [0.29, 0.717) is 6.54 Å². The Morgan fingerprint density at radius 2 is 1.89 bits per heavy atom. The second-order valence-corrected chi connectivity index (χ2v) is 8.68. The maximum Gasteiger partial charge on any atom is 0.237 e. The van der Waals surface area contributed by atoms with Gasteiger partial charge < -0.3 is 5.32 Å². The van der Waals surface area contributed by atoms with Crippen molar-refractivity contribution in [1.29, 1.82) is 0 Å². The van der Waals surface area contributed by atoms with Gasteiger partial charge >= 0.3 is 0 Å². The summed E-state index contributed by atoms with van der Waals surface area (Å²) in [7, 11) is 2.06. The van der Waals surface area contributed by atoms with Crippen molar-refractivity contribution in [3.63, 3.8) is 0 Å². The average molecular weight is 374 g/mol. The number of carbonyl (C=O) groups is 1. The Hall–Kier alpha value is -1.40. The van der Waals surface area contributed by atoms with Gasteiger partial charge in [-0.15, -0.1) is 0 Å². The molecule has 1 saturated heterocycles. The summed E-state index contributed by atoms with van der Waals surface area (Å²) in [5, 5.41) is 7.92. The molecule has 1 N–H and O–H groups in total. The Bertz CT molecular complexity index is 637. The van der Waals surface area contributed by atoms with Gasteiger partial charge in [-0.2, -0.15) is 5.10 Å². The molecule has 1 aliphatic carbocycles. The number of likely N-dealkylation sites (N-methyl/N-ethyl adjacent to an activating group) is 1. The van der Waals surface area contributed by atoms with Gasteiger partial charge in [-0.3, -0.25) is 19.3 Å². The van der Waals surface area contributed by atoms with Crippen molar-refractivity contribution in [3.05, 3.63) is 17.5 Å². The highest BCUT2D eigenvalue weighted by molar-refractivity contribution is 5.81. The number of hydrogen-bond acceptors (Lipinski definition) is 4. The third-order valence-corrected chi connectivity index (χ3v) is 6.70. The lowest BCUT2D eigenvalue weighted by atomic mass is 9.94. The number of fused-ring (bicyclic) bond motifs is 1. The summed E-state index contributed by atoms with van der Waals surface area (Å²) in [5.41, 5.74) is 2.32. The van der Waals surface area contributed by atoms with E-state index in [9.17, 15) is 4.79 Å². The molecule has 150 valence electrons. The van der Waals surface area contributed by atoms with Gasteiger partial charge in [0.05, 0.1) is 24.0 Å². The standard InChI is InChI=1S/C21H35N5O/c1-24-11-6-5-10-20(24)21(27)22-15-17-14-19-16-25(12-7-13-26(19)23-17)18-8-3-2-4-9-18/h14,18,20H,2-13,15-16H2,1H3,(H,22,27)/t20-/m1/s1. The van der Waals surface area contributed by atoms with E-state index in [4.69, 9.17) is 5.10 Å². The molecule has 1 aromatic heterocycles. The molecule has 3 heterocycles. The molecule has 0 unspecified atom stereocenters. The molecule has 2 fully saturated rings. The molecule has 4 rings (SSSR count). The Kier molecular flexibility index (Phi) is 6.13. The summed E-state index contributed by atoms with van der Waals surface area (Å²) < 4.78 is 2.18. The Labute approximate surface area is 163 Å². The predicted molar refractivity (Wildman–Crippen MR) is 106 cm³/mol. The van der Waals surface area contributed by atoms with Crippen molar-refractivity contribution in [3.8, 4) is 0 Å². The van der Waals surface area contributed by atoms with E-state index < -0.39 is 0 Å². The first-order chi connectivity index (χ1) is 13.2. The minimum atomic E-state index is 0.0287. The van der Waals surface area contributed by atoms with Crippen molar-refractivity contribution < 1.29 is 4.79 Å². The minimum Gasteiger partial charge on any atom is -0.349 e. The average Bonchev–Trinajstić information content (AvgIpc) is 2.97. The lowest BCUT2D eigenvalue weighted by molar-refractivity contribution is -0.127. The third-order valence-electron chi connectivity index (χ3n) is 6.70. The van der Waals surface area contributed by atoms with Crippen LogP contribution in [0.5, 0.6) is 0 Å². The maximum atomic E-state index is 12.5. The van der Waals surface area contributed by atoms with Crippen LogP contribution in [0.2, 0.25) is 0 Å². The minimum absolute atomic E-state index is 0.0287. The second-order valence-electron chi connectivity index (χ2n) is 8.68. The molecule has 0 spiro atoms. The summed E-state index contributed by atoms with van der Waals surface area (Å²) in [6.45, 7) is 4.77. The Morgan fingerprint density at radius 3 is 2.70 bits per heavy atom. The van der Waals surface area contributed by atoms with Crippen LogP contribution in [0.25, 0.3) is 0 Å². The van der Waals surface area contributed by atoms with Crippen LogP contribution < -0.4 is 5.32 Å². The fraction of sp³-hybridized carbons (Fsp3) is 0.810. The molecule has 6 heteroatoms. The first-order valence-corrected chi connectivity index (χ1v) is 11.0. The van der Waals surface area contributed by atoms with Crippen molar-refractivity contribution in [2.75, 3.05) is 20.1 Å². The molecule has 1 aromatic rings. The molecule has 2 aliphatic heterocycles. The van der Waals surface area contributed by atoms with Gasteiger partial charge in [0.25, 0.3) is 0 Å². The number of likely N-dealkylation sites (tertiary alicyclic amines) is 1. The van der Waals surface area contributed by atoms with Crippen LogP contribution in [0.3, 0.4) is 0 Å².